The van der Waals surface area contributed by atoms with Crippen LogP contribution in [0.4, 0.5) is 11.4 Å². The molecule has 0 aliphatic heterocycles. The van der Waals surface area contributed by atoms with E-state index < -0.39 is 5.25 Å². The first-order chi connectivity index (χ1) is 16.9. The van der Waals surface area contributed by atoms with E-state index in [1.54, 1.807) is 24.3 Å². The first kappa shape index (κ1) is 24.5. The lowest BCUT2D eigenvalue weighted by Crippen LogP contribution is -2.23. The lowest BCUT2D eigenvalue weighted by molar-refractivity contribution is -0.115. The van der Waals surface area contributed by atoms with Crippen LogP contribution in [-0.2, 0) is 11.3 Å². The molecule has 1 amide bonds. The van der Waals surface area contributed by atoms with Crippen LogP contribution >= 0.6 is 23.4 Å². The largest absolute Gasteiger partial charge is 0.377 e. The zero-order chi connectivity index (χ0) is 24.8. The monoisotopic (exact) mass is 505 g/mol. The number of hydrogen-bond acceptors (Lipinski definition) is 6. The van der Waals surface area contributed by atoms with E-state index in [0.29, 0.717) is 33.8 Å². The molecular formula is C26H24ClN5O2S. The number of rotatable bonds is 9. The van der Waals surface area contributed by atoms with Gasteiger partial charge in [-0.1, -0.05) is 53.7 Å². The number of amides is 1. The Labute approximate surface area is 212 Å². The summed E-state index contributed by atoms with van der Waals surface area (Å²) in [6.45, 7) is 3.72. The van der Waals surface area contributed by atoms with Gasteiger partial charge in [0.2, 0.25) is 5.91 Å². The Bertz CT molecular complexity index is 1330. The number of Topliss-reactive ketones (excluding diaryl/α,β-unsaturated/α-hetero) is 1. The fourth-order valence-electron chi connectivity index (χ4n) is 3.35. The smallest absolute Gasteiger partial charge is 0.237 e. The van der Waals surface area contributed by atoms with E-state index in [9.17, 15) is 9.59 Å². The average Bonchev–Trinajstić information content (AvgIpc) is 3.26. The third kappa shape index (κ3) is 6.09. The van der Waals surface area contributed by atoms with Crippen molar-refractivity contribution in [2.24, 2.45) is 0 Å². The molecule has 4 rings (SSSR count). The average molecular weight is 506 g/mol. The highest BCUT2D eigenvalue weighted by Crippen LogP contribution is 2.28. The van der Waals surface area contributed by atoms with E-state index in [2.05, 4.69) is 20.8 Å². The minimum absolute atomic E-state index is 0.0214. The summed E-state index contributed by atoms with van der Waals surface area (Å²) in [4.78, 5) is 24.3. The van der Waals surface area contributed by atoms with Crippen molar-refractivity contribution in [3.05, 3.63) is 95.3 Å². The summed E-state index contributed by atoms with van der Waals surface area (Å²) in [7, 11) is 0. The van der Waals surface area contributed by atoms with E-state index in [1.165, 1.54) is 18.7 Å². The standard InChI is InChI=1S/C26H24ClN5O2S/c1-17(33)19-12-14-20(15-13-19)29-25(34)18(2)35-26-31-30-24(32(26)21-8-4-3-5-9-21)16-28-23-11-7-6-10-22(23)27/h3-15,18,28H,16H2,1-2H3,(H,29,34). The fourth-order valence-corrected chi connectivity index (χ4v) is 4.44. The fraction of sp³-hybridized carbons (Fsp3) is 0.154. The lowest BCUT2D eigenvalue weighted by Gasteiger charge is -2.15. The molecule has 9 heteroatoms. The zero-order valence-electron chi connectivity index (χ0n) is 19.2. The SMILES string of the molecule is CC(=O)c1ccc(NC(=O)C(C)Sc2nnc(CNc3ccccc3Cl)n2-c2ccccc2)cc1. The van der Waals surface area contributed by atoms with Gasteiger partial charge in [-0.3, -0.25) is 14.2 Å². The minimum Gasteiger partial charge on any atom is -0.377 e. The number of thioether (sulfide) groups is 1. The quantitative estimate of drug-likeness (QED) is 0.219. The summed E-state index contributed by atoms with van der Waals surface area (Å²) in [5, 5.41) is 15.7. The number of hydrogen-bond donors (Lipinski definition) is 2. The van der Waals surface area contributed by atoms with Crippen LogP contribution in [0.2, 0.25) is 5.02 Å². The molecule has 0 aliphatic carbocycles. The van der Waals surface area contributed by atoms with Gasteiger partial charge in [-0.15, -0.1) is 10.2 Å². The normalized spacial score (nSPS) is 11.6. The first-order valence-electron chi connectivity index (χ1n) is 11.0. The molecular weight excluding hydrogens is 482 g/mol. The van der Waals surface area contributed by atoms with Gasteiger partial charge in [-0.2, -0.15) is 0 Å². The van der Waals surface area contributed by atoms with Crippen molar-refractivity contribution < 1.29 is 9.59 Å². The number of carbonyl (C=O) groups is 2. The summed E-state index contributed by atoms with van der Waals surface area (Å²) in [5.74, 6) is 0.488. The van der Waals surface area contributed by atoms with E-state index in [1.807, 2.05) is 66.1 Å². The van der Waals surface area contributed by atoms with Crippen molar-refractivity contribution in [3.63, 3.8) is 0 Å². The van der Waals surface area contributed by atoms with Crippen LogP contribution in [-0.4, -0.2) is 31.7 Å². The van der Waals surface area contributed by atoms with Crippen LogP contribution < -0.4 is 10.6 Å². The summed E-state index contributed by atoms with van der Waals surface area (Å²) >= 11 is 7.59. The van der Waals surface area contributed by atoms with Crippen LogP contribution in [0.5, 0.6) is 0 Å². The number of para-hydroxylation sites is 2. The van der Waals surface area contributed by atoms with E-state index in [0.717, 1.165) is 11.4 Å². The first-order valence-corrected chi connectivity index (χ1v) is 12.2. The summed E-state index contributed by atoms with van der Waals surface area (Å²) in [6.07, 6.45) is 0. The number of halogens is 1. The number of benzene rings is 3. The molecule has 0 radical (unpaired) electrons. The van der Waals surface area contributed by atoms with E-state index >= 15 is 0 Å². The van der Waals surface area contributed by atoms with E-state index in [4.69, 9.17) is 11.6 Å². The third-order valence-corrected chi connectivity index (χ3v) is 6.61. The van der Waals surface area contributed by atoms with Crippen LogP contribution in [0.3, 0.4) is 0 Å². The molecule has 3 aromatic carbocycles. The molecule has 178 valence electrons. The van der Waals surface area contributed by atoms with Crippen molar-refractivity contribution in [3.8, 4) is 5.69 Å². The maximum atomic E-state index is 12.9. The number of nitrogens with zero attached hydrogens (tertiary/aromatic N) is 3. The topological polar surface area (TPSA) is 88.9 Å². The molecule has 1 unspecified atom stereocenters. The Kier molecular flexibility index (Phi) is 7.84. The van der Waals surface area contributed by atoms with Crippen LogP contribution in [0.15, 0.2) is 84.0 Å². The molecule has 7 nitrogen and oxygen atoms in total. The maximum Gasteiger partial charge on any atom is 0.237 e. The molecule has 0 spiro atoms. The van der Waals surface area contributed by atoms with Crippen LogP contribution in [0.1, 0.15) is 30.0 Å². The molecule has 4 aromatic rings. The Morgan fingerprint density at radius 2 is 1.66 bits per heavy atom. The number of ketones is 1. The predicted molar refractivity (Wildman–Crippen MR) is 141 cm³/mol. The molecule has 0 saturated heterocycles. The Morgan fingerprint density at radius 3 is 2.34 bits per heavy atom. The molecule has 1 heterocycles. The number of nitrogens with one attached hydrogen (secondary N) is 2. The van der Waals surface area contributed by atoms with Gasteiger partial charge in [0, 0.05) is 16.9 Å². The van der Waals surface area contributed by atoms with Crippen molar-refractivity contribution in [1.29, 1.82) is 0 Å². The molecule has 2 N–H and O–H groups in total. The minimum atomic E-state index is -0.446. The second-order valence-electron chi connectivity index (χ2n) is 7.79. The predicted octanol–water partition coefficient (Wildman–Crippen LogP) is 5.85. The Hall–Kier alpha value is -3.62. The van der Waals surface area contributed by atoms with Gasteiger partial charge in [0.05, 0.1) is 22.5 Å². The van der Waals surface area contributed by atoms with Gasteiger partial charge >= 0.3 is 0 Å². The number of anilines is 2. The van der Waals surface area contributed by atoms with Crippen molar-refractivity contribution in [2.45, 2.75) is 30.8 Å². The van der Waals surface area contributed by atoms with Crippen molar-refractivity contribution >= 4 is 46.4 Å². The zero-order valence-corrected chi connectivity index (χ0v) is 20.8. The van der Waals surface area contributed by atoms with Crippen LogP contribution in [0, 0.1) is 0 Å². The molecule has 0 bridgehead atoms. The molecule has 0 saturated carbocycles. The van der Waals surface area contributed by atoms with Crippen LogP contribution in [0.25, 0.3) is 5.69 Å². The Balaban J connectivity index is 1.51. The number of aromatic nitrogens is 3. The van der Waals surface area contributed by atoms with Gasteiger partial charge in [0.15, 0.2) is 16.8 Å². The molecule has 1 aromatic heterocycles. The van der Waals surface area contributed by atoms with Crippen molar-refractivity contribution in [1.82, 2.24) is 14.8 Å². The van der Waals surface area contributed by atoms with Gasteiger partial charge in [0.1, 0.15) is 0 Å². The van der Waals surface area contributed by atoms with Gasteiger partial charge in [-0.05, 0) is 62.4 Å². The molecule has 35 heavy (non-hydrogen) atoms. The highest BCUT2D eigenvalue weighted by Gasteiger charge is 2.21. The van der Waals surface area contributed by atoms with Gasteiger partial charge < -0.3 is 10.6 Å². The van der Waals surface area contributed by atoms with Gasteiger partial charge in [-0.25, -0.2) is 0 Å². The highest BCUT2D eigenvalue weighted by atomic mass is 35.5. The summed E-state index contributed by atoms with van der Waals surface area (Å²) in [5.41, 5.74) is 2.92. The number of carbonyl (C=O) groups excluding carboxylic acids is 2. The second-order valence-corrected chi connectivity index (χ2v) is 9.50. The lowest BCUT2D eigenvalue weighted by atomic mass is 10.1. The maximum absolute atomic E-state index is 12.9. The second kappa shape index (κ2) is 11.2. The van der Waals surface area contributed by atoms with Crippen molar-refractivity contribution in [2.75, 3.05) is 10.6 Å². The molecule has 0 aliphatic rings. The van der Waals surface area contributed by atoms with Gasteiger partial charge in [0.25, 0.3) is 0 Å². The Morgan fingerprint density at radius 1 is 0.971 bits per heavy atom. The molecule has 0 fully saturated rings. The van der Waals surface area contributed by atoms with E-state index in [-0.39, 0.29) is 11.7 Å². The highest BCUT2D eigenvalue weighted by molar-refractivity contribution is 8.00. The molecule has 1 atom stereocenters. The summed E-state index contributed by atoms with van der Waals surface area (Å²) < 4.78 is 1.93. The third-order valence-electron chi connectivity index (χ3n) is 5.24. The summed E-state index contributed by atoms with van der Waals surface area (Å²) in [6, 6.07) is 24.1.